The second-order valence-corrected chi connectivity index (χ2v) is 4.61. The highest BCUT2D eigenvalue weighted by Crippen LogP contribution is 2.19. The minimum absolute atomic E-state index is 0.241. The largest absolute Gasteiger partial charge is 0.399 e. The molecule has 0 radical (unpaired) electrons. The molecule has 2 rings (SSSR count). The summed E-state index contributed by atoms with van der Waals surface area (Å²) in [7, 11) is 0. The molecule has 0 bridgehead atoms. The summed E-state index contributed by atoms with van der Waals surface area (Å²) >= 11 is 3.41. The minimum atomic E-state index is 0.241. The Balaban J connectivity index is 1.92. The quantitative estimate of drug-likeness (QED) is 0.859. The maximum Gasteiger partial charge on any atom is 0.0834 e. The number of nitrogens with two attached hydrogens (primary N) is 1. The van der Waals surface area contributed by atoms with Gasteiger partial charge < -0.3 is 15.2 Å². The first-order valence-corrected chi connectivity index (χ1v) is 5.77. The summed E-state index contributed by atoms with van der Waals surface area (Å²) in [5.74, 6) is 0. The van der Waals surface area contributed by atoms with E-state index in [9.17, 15) is 0 Å². The summed E-state index contributed by atoms with van der Waals surface area (Å²) in [6.45, 7) is 2.12. The van der Waals surface area contributed by atoms with E-state index in [-0.39, 0.29) is 6.10 Å². The SMILES string of the molecule is Nc1cc(Br)cc(COC2CCOC2)c1. The average Bonchev–Trinajstić information content (AvgIpc) is 2.65. The highest BCUT2D eigenvalue weighted by atomic mass is 79.9. The van der Waals surface area contributed by atoms with Gasteiger partial charge in [-0.05, 0) is 30.2 Å². The molecule has 15 heavy (non-hydrogen) atoms. The fraction of sp³-hybridized carbons (Fsp3) is 0.455. The number of nitrogen functional groups attached to an aromatic ring is 1. The van der Waals surface area contributed by atoms with Gasteiger partial charge in [0.25, 0.3) is 0 Å². The molecule has 1 fully saturated rings. The average molecular weight is 272 g/mol. The molecular formula is C11H14BrNO2. The number of ether oxygens (including phenoxy) is 2. The molecule has 4 heteroatoms. The van der Waals surface area contributed by atoms with E-state index < -0.39 is 0 Å². The van der Waals surface area contributed by atoms with Crippen molar-refractivity contribution in [3.8, 4) is 0 Å². The van der Waals surface area contributed by atoms with Gasteiger partial charge in [0.1, 0.15) is 0 Å². The summed E-state index contributed by atoms with van der Waals surface area (Å²) < 4.78 is 11.9. The first kappa shape index (κ1) is 10.9. The van der Waals surface area contributed by atoms with E-state index in [1.54, 1.807) is 0 Å². The highest BCUT2D eigenvalue weighted by Gasteiger charge is 2.15. The van der Waals surface area contributed by atoms with E-state index in [1.807, 2.05) is 18.2 Å². The molecule has 0 saturated carbocycles. The summed E-state index contributed by atoms with van der Waals surface area (Å²) in [6, 6.07) is 5.83. The Morgan fingerprint density at radius 2 is 2.33 bits per heavy atom. The fourth-order valence-corrected chi connectivity index (χ4v) is 2.18. The van der Waals surface area contributed by atoms with E-state index in [1.165, 1.54) is 0 Å². The van der Waals surface area contributed by atoms with Gasteiger partial charge in [-0.1, -0.05) is 15.9 Å². The predicted octanol–water partition coefficient (Wildman–Crippen LogP) is 2.34. The molecule has 3 nitrogen and oxygen atoms in total. The number of rotatable bonds is 3. The van der Waals surface area contributed by atoms with Crippen molar-refractivity contribution in [1.82, 2.24) is 0 Å². The molecule has 1 saturated heterocycles. The van der Waals surface area contributed by atoms with Crippen LogP contribution >= 0.6 is 15.9 Å². The Morgan fingerprint density at radius 3 is 3.00 bits per heavy atom. The third kappa shape index (κ3) is 3.19. The van der Waals surface area contributed by atoms with Gasteiger partial charge in [0.2, 0.25) is 0 Å². The van der Waals surface area contributed by atoms with Gasteiger partial charge in [-0.25, -0.2) is 0 Å². The van der Waals surface area contributed by atoms with Crippen molar-refractivity contribution >= 4 is 21.6 Å². The maximum atomic E-state index is 5.73. The zero-order valence-electron chi connectivity index (χ0n) is 8.41. The lowest BCUT2D eigenvalue weighted by Gasteiger charge is -2.10. The molecule has 1 aliphatic heterocycles. The smallest absolute Gasteiger partial charge is 0.0834 e. The fourth-order valence-electron chi connectivity index (χ4n) is 1.62. The van der Waals surface area contributed by atoms with Gasteiger partial charge in [-0.15, -0.1) is 0 Å². The number of benzene rings is 1. The van der Waals surface area contributed by atoms with Crippen molar-refractivity contribution in [2.24, 2.45) is 0 Å². The molecule has 2 N–H and O–H groups in total. The van der Waals surface area contributed by atoms with Crippen LogP contribution in [0, 0.1) is 0 Å². The van der Waals surface area contributed by atoms with Crippen LogP contribution in [0.5, 0.6) is 0 Å². The van der Waals surface area contributed by atoms with Crippen LogP contribution in [-0.2, 0) is 16.1 Å². The Bertz CT molecular complexity index is 317. The molecule has 0 spiro atoms. The van der Waals surface area contributed by atoms with Crippen LogP contribution in [-0.4, -0.2) is 19.3 Å². The van der Waals surface area contributed by atoms with E-state index in [2.05, 4.69) is 15.9 Å². The van der Waals surface area contributed by atoms with Crippen LogP contribution in [0.2, 0.25) is 0 Å². The van der Waals surface area contributed by atoms with Crippen LogP contribution in [0.25, 0.3) is 0 Å². The van der Waals surface area contributed by atoms with Crippen molar-refractivity contribution in [3.05, 3.63) is 28.2 Å². The Morgan fingerprint density at radius 1 is 1.47 bits per heavy atom. The van der Waals surface area contributed by atoms with E-state index in [0.29, 0.717) is 13.2 Å². The maximum absolute atomic E-state index is 5.73. The first-order valence-electron chi connectivity index (χ1n) is 4.98. The van der Waals surface area contributed by atoms with Crippen molar-refractivity contribution in [2.75, 3.05) is 18.9 Å². The van der Waals surface area contributed by atoms with Crippen LogP contribution in [0.1, 0.15) is 12.0 Å². The molecular weight excluding hydrogens is 258 g/mol. The zero-order chi connectivity index (χ0) is 10.7. The number of halogens is 1. The molecule has 0 aliphatic carbocycles. The van der Waals surface area contributed by atoms with E-state index in [0.717, 1.165) is 28.8 Å². The van der Waals surface area contributed by atoms with E-state index in [4.69, 9.17) is 15.2 Å². The van der Waals surface area contributed by atoms with Gasteiger partial charge >= 0.3 is 0 Å². The van der Waals surface area contributed by atoms with Crippen molar-refractivity contribution < 1.29 is 9.47 Å². The third-order valence-electron chi connectivity index (χ3n) is 2.35. The molecule has 0 aromatic heterocycles. The van der Waals surface area contributed by atoms with Crippen LogP contribution in [0.15, 0.2) is 22.7 Å². The highest BCUT2D eigenvalue weighted by molar-refractivity contribution is 9.10. The lowest BCUT2D eigenvalue weighted by molar-refractivity contribution is 0.0317. The van der Waals surface area contributed by atoms with Gasteiger partial charge in [0, 0.05) is 16.8 Å². The molecule has 0 amide bonds. The van der Waals surface area contributed by atoms with Gasteiger partial charge in [0.05, 0.1) is 19.3 Å². The number of anilines is 1. The summed E-state index contributed by atoms with van der Waals surface area (Å²) in [6.07, 6.45) is 1.23. The Hall–Kier alpha value is -0.580. The second-order valence-electron chi connectivity index (χ2n) is 3.69. The first-order chi connectivity index (χ1) is 7.24. The monoisotopic (exact) mass is 271 g/mol. The minimum Gasteiger partial charge on any atom is -0.399 e. The zero-order valence-corrected chi connectivity index (χ0v) is 10.00. The van der Waals surface area contributed by atoms with Crippen molar-refractivity contribution in [2.45, 2.75) is 19.1 Å². The van der Waals surface area contributed by atoms with Gasteiger partial charge in [0.15, 0.2) is 0 Å². The Labute approximate surface area is 97.7 Å². The van der Waals surface area contributed by atoms with Crippen LogP contribution in [0.4, 0.5) is 5.69 Å². The molecule has 1 aromatic rings. The standard InChI is InChI=1S/C11H14BrNO2/c12-9-3-8(4-10(13)5-9)6-15-11-1-2-14-7-11/h3-5,11H,1-2,6-7,13H2. The molecule has 82 valence electrons. The summed E-state index contributed by atoms with van der Waals surface area (Å²) in [5.41, 5.74) is 7.58. The summed E-state index contributed by atoms with van der Waals surface area (Å²) in [5, 5.41) is 0. The van der Waals surface area contributed by atoms with Gasteiger partial charge in [-0.3, -0.25) is 0 Å². The van der Waals surface area contributed by atoms with E-state index >= 15 is 0 Å². The predicted molar refractivity (Wildman–Crippen MR) is 62.6 cm³/mol. The molecule has 1 aromatic carbocycles. The third-order valence-corrected chi connectivity index (χ3v) is 2.81. The van der Waals surface area contributed by atoms with Crippen molar-refractivity contribution in [3.63, 3.8) is 0 Å². The molecule has 1 heterocycles. The topological polar surface area (TPSA) is 44.5 Å². The lowest BCUT2D eigenvalue weighted by atomic mass is 10.2. The van der Waals surface area contributed by atoms with Crippen LogP contribution in [0.3, 0.4) is 0 Å². The normalized spacial score (nSPS) is 20.7. The molecule has 1 aliphatic rings. The number of hydrogen-bond donors (Lipinski definition) is 1. The van der Waals surface area contributed by atoms with Crippen LogP contribution < -0.4 is 5.73 Å². The lowest BCUT2D eigenvalue weighted by Crippen LogP contribution is -2.11. The molecule has 1 unspecified atom stereocenters. The molecule has 1 atom stereocenters. The summed E-state index contributed by atoms with van der Waals surface area (Å²) in [4.78, 5) is 0. The van der Waals surface area contributed by atoms with Crippen molar-refractivity contribution in [1.29, 1.82) is 0 Å². The second kappa shape index (κ2) is 4.96. The number of hydrogen-bond acceptors (Lipinski definition) is 3. The Kier molecular flexibility index (Phi) is 3.61. The van der Waals surface area contributed by atoms with Gasteiger partial charge in [-0.2, -0.15) is 0 Å².